The Morgan fingerprint density at radius 3 is 2.53 bits per heavy atom. The van der Waals surface area contributed by atoms with Crippen LogP contribution in [0.4, 0.5) is 0 Å². The van der Waals surface area contributed by atoms with Crippen molar-refractivity contribution in [2.45, 2.75) is 79.3 Å². The maximum atomic E-state index is 12.7. The van der Waals surface area contributed by atoms with Crippen molar-refractivity contribution in [2.75, 3.05) is 13.1 Å². The van der Waals surface area contributed by atoms with Crippen molar-refractivity contribution in [1.29, 1.82) is 0 Å². The van der Waals surface area contributed by atoms with E-state index < -0.39 is 11.2 Å². The van der Waals surface area contributed by atoms with Gasteiger partial charge in [0.25, 0.3) is 5.56 Å². The molecule has 2 aromatic heterocycles. The lowest BCUT2D eigenvalue weighted by atomic mass is 9.99. The Labute approximate surface area is 177 Å². The first-order valence-corrected chi connectivity index (χ1v) is 11.3. The molecule has 0 aromatic carbocycles. The summed E-state index contributed by atoms with van der Waals surface area (Å²) in [7, 11) is 0. The number of rotatable bonds is 8. The first-order valence-electron chi connectivity index (χ1n) is 11.3. The molecule has 0 unspecified atom stereocenters. The number of hydrogen-bond acceptors (Lipinski definition) is 4. The monoisotopic (exact) mass is 417 g/mol. The maximum absolute atomic E-state index is 12.7. The van der Waals surface area contributed by atoms with Crippen molar-refractivity contribution < 1.29 is 4.79 Å². The standard InChI is InChI=1S/C22H35N5O3/c1-5-6-11-26-20-19(21(29)24-22(26)30)27(14-15(2)3)17(23-20)7-8-18(28)25-12-9-16(4)10-13-25/h15-16H,5-14H2,1-4H3,(H,24,29,30). The molecule has 0 saturated carbocycles. The van der Waals surface area contributed by atoms with Crippen LogP contribution in [0.1, 0.15) is 65.6 Å². The van der Waals surface area contributed by atoms with Gasteiger partial charge in [-0.15, -0.1) is 0 Å². The predicted octanol–water partition coefficient (Wildman–Crippen LogP) is 2.53. The summed E-state index contributed by atoms with van der Waals surface area (Å²) >= 11 is 0. The highest BCUT2D eigenvalue weighted by molar-refractivity contribution is 5.77. The second-order valence-corrected chi connectivity index (χ2v) is 9.03. The van der Waals surface area contributed by atoms with Crippen LogP contribution >= 0.6 is 0 Å². The van der Waals surface area contributed by atoms with Gasteiger partial charge in [-0.2, -0.15) is 0 Å². The lowest BCUT2D eigenvalue weighted by molar-refractivity contribution is -0.132. The summed E-state index contributed by atoms with van der Waals surface area (Å²) in [5.74, 6) is 1.83. The van der Waals surface area contributed by atoms with Gasteiger partial charge in [-0.1, -0.05) is 34.1 Å². The van der Waals surface area contributed by atoms with Crippen molar-refractivity contribution in [2.24, 2.45) is 11.8 Å². The van der Waals surface area contributed by atoms with Crippen LogP contribution in [-0.4, -0.2) is 43.0 Å². The molecule has 30 heavy (non-hydrogen) atoms. The first-order chi connectivity index (χ1) is 14.3. The van der Waals surface area contributed by atoms with Crippen LogP contribution < -0.4 is 11.2 Å². The largest absolute Gasteiger partial charge is 0.343 e. The molecule has 8 heteroatoms. The van der Waals surface area contributed by atoms with Gasteiger partial charge in [0.15, 0.2) is 11.2 Å². The number of imidazole rings is 1. The zero-order chi connectivity index (χ0) is 21.8. The molecule has 0 radical (unpaired) electrons. The molecule has 8 nitrogen and oxygen atoms in total. The average molecular weight is 418 g/mol. The Morgan fingerprint density at radius 1 is 1.20 bits per heavy atom. The summed E-state index contributed by atoms with van der Waals surface area (Å²) in [6.07, 6.45) is 4.71. The minimum absolute atomic E-state index is 0.141. The number of hydrogen-bond donors (Lipinski definition) is 1. The Balaban J connectivity index is 1.92. The van der Waals surface area contributed by atoms with E-state index in [9.17, 15) is 14.4 Å². The molecule has 1 amide bonds. The number of amides is 1. The Morgan fingerprint density at radius 2 is 1.90 bits per heavy atom. The number of piperidine rings is 1. The normalized spacial score (nSPS) is 15.4. The summed E-state index contributed by atoms with van der Waals surface area (Å²) in [6, 6.07) is 0. The molecular weight excluding hydrogens is 382 g/mol. The van der Waals surface area contributed by atoms with Crippen molar-refractivity contribution in [3.63, 3.8) is 0 Å². The quantitative estimate of drug-likeness (QED) is 0.714. The molecule has 1 N–H and O–H groups in total. The predicted molar refractivity (Wildman–Crippen MR) is 118 cm³/mol. The van der Waals surface area contributed by atoms with E-state index >= 15 is 0 Å². The van der Waals surface area contributed by atoms with E-state index in [1.807, 2.05) is 9.47 Å². The fourth-order valence-electron chi connectivity index (χ4n) is 4.13. The molecule has 1 aliphatic heterocycles. The number of aryl methyl sites for hydroxylation is 2. The van der Waals surface area contributed by atoms with Crippen LogP contribution in [-0.2, 0) is 24.3 Å². The Hall–Kier alpha value is -2.38. The average Bonchev–Trinajstić information content (AvgIpc) is 3.04. The fourth-order valence-corrected chi connectivity index (χ4v) is 4.13. The van der Waals surface area contributed by atoms with Crippen molar-refractivity contribution in [3.8, 4) is 0 Å². The first kappa shape index (κ1) is 22.3. The van der Waals surface area contributed by atoms with Gasteiger partial charge in [-0.25, -0.2) is 9.78 Å². The van der Waals surface area contributed by atoms with E-state index in [1.54, 1.807) is 4.57 Å². The fraction of sp³-hybridized carbons (Fsp3) is 0.727. The topological polar surface area (TPSA) is 93.0 Å². The van der Waals surface area contributed by atoms with Gasteiger partial charge in [0.1, 0.15) is 5.82 Å². The minimum atomic E-state index is -0.416. The number of carbonyl (C=O) groups excluding carboxylic acids is 1. The van der Waals surface area contributed by atoms with Gasteiger partial charge in [0.2, 0.25) is 5.91 Å². The van der Waals surface area contributed by atoms with Crippen LogP contribution in [0.15, 0.2) is 9.59 Å². The molecule has 1 aliphatic rings. The van der Waals surface area contributed by atoms with Crippen LogP contribution in [0.2, 0.25) is 0 Å². The highest BCUT2D eigenvalue weighted by Crippen LogP contribution is 2.19. The van der Waals surface area contributed by atoms with Crippen LogP contribution in [0.25, 0.3) is 11.2 Å². The van der Waals surface area contributed by atoms with Crippen molar-refractivity contribution in [3.05, 3.63) is 26.7 Å². The number of aromatic nitrogens is 4. The van der Waals surface area contributed by atoms with E-state index in [-0.39, 0.29) is 5.91 Å². The number of nitrogens with one attached hydrogen (secondary N) is 1. The summed E-state index contributed by atoms with van der Waals surface area (Å²) in [4.78, 5) is 46.9. The summed E-state index contributed by atoms with van der Waals surface area (Å²) in [5.41, 5.74) is 0.0550. The van der Waals surface area contributed by atoms with Gasteiger partial charge in [-0.05, 0) is 31.1 Å². The molecule has 0 bridgehead atoms. The SMILES string of the molecule is CCCCn1c(=O)[nH]c(=O)c2c1nc(CCC(=O)N1CCC(C)CC1)n2CC(C)C. The van der Waals surface area contributed by atoms with Gasteiger partial charge < -0.3 is 9.47 Å². The van der Waals surface area contributed by atoms with Gasteiger partial charge >= 0.3 is 5.69 Å². The summed E-state index contributed by atoms with van der Waals surface area (Å²) in [6.45, 7) is 11.2. The number of H-pyrrole nitrogens is 1. The van der Waals surface area contributed by atoms with Gasteiger partial charge in [0.05, 0.1) is 0 Å². The van der Waals surface area contributed by atoms with E-state index in [0.717, 1.165) is 38.8 Å². The maximum Gasteiger partial charge on any atom is 0.330 e. The van der Waals surface area contributed by atoms with Crippen molar-refractivity contribution >= 4 is 17.1 Å². The molecule has 2 aromatic rings. The van der Waals surface area contributed by atoms with E-state index in [1.165, 1.54) is 0 Å². The smallest absolute Gasteiger partial charge is 0.330 e. The molecular formula is C22H35N5O3. The molecule has 3 rings (SSSR count). The third-order valence-corrected chi connectivity index (χ3v) is 5.95. The number of fused-ring (bicyclic) bond motifs is 1. The van der Waals surface area contributed by atoms with Crippen LogP contribution in [0.5, 0.6) is 0 Å². The Kier molecular flexibility index (Phi) is 7.15. The zero-order valence-electron chi connectivity index (χ0n) is 18.7. The molecule has 0 aliphatic carbocycles. The number of nitrogens with zero attached hydrogens (tertiary/aromatic N) is 4. The van der Waals surface area contributed by atoms with E-state index in [2.05, 4.69) is 32.7 Å². The third kappa shape index (κ3) is 4.84. The number of likely N-dealkylation sites (tertiary alicyclic amines) is 1. The van der Waals surface area contributed by atoms with Gasteiger partial charge in [-0.3, -0.25) is 19.1 Å². The second kappa shape index (κ2) is 9.62. The number of aromatic amines is 1. The lowest BCUT2D eigenvalue weighted by Gasteiger charge is -2.30. The molecule has 0 spiro atoms. The number of unbranched alkanes of at least 4 members (excludes halogenated alkanes) is 1. The lowest BCUT2D eigenvalue weighted by Crippen LogP contribution is -2.38. The molecule has 1 saturated heterocycles. The van der Waals surface area contributed by atoms with Crippen LogP contribution in [0.3, 0.4) is 0 Å². The third-order valence-electron chi connectivity index (χ3n) is 5.95. The van der Waals surface area contributed by atoms with Gasteiger partial charge in [0, 0.05) is 39.0 Å². The summed E-state index contributed by atoms with van der Waals surface area (Å²) in [5, 5.41) is 0. The molecule has 1 fully saturated rings. The zero-order valence-corrected chi connectivity index (χ0v) is 18.7. The minimum Gasteiger partial charge on any atom is -0.343 e. The van der Waals surface area contributed by atoms with E-state index in [0.29, 0.717) is 54.8 Å². The summed E-state index contributed by atoms with van der Waals surface area (Å²) < 4.78 is 3.47. The number of carbonyl (C=O) groups is 1. The Bertz CT molecular complexity index is 993. The van der Waals surface area contributed by atoms with Crippen LogP contribution in [0, 0.1) is 11.8 Å². The molecule has 3 heterocycles. The molecule has 0 atom stereocenters. The van der Waals surface area contributed by atoms with E-state index in [4.69, 9.17) is 4.98 Å². The molecule has 166 valence electrons. The highest BCUT2D eigenvalue weighted by atomic mass is 16.2. The second-order valence-electron chi connectivity index (χ2n) is 9.03. The van der Waals surface area contributed by atoms with Crippen molar-refractivity contribution in [1.82, 2.24) is 24.0 Å². The highest BCUT2D eigenvalue weighted by Gasteiger charge is 2.23.